The number of hydrogen-bond donors (Lipinski definition) is 2. The summed E-state index contributed by atoms with van der Waals surface area (Å²) in [6.07, 6.45) is 7.39. The summed E-state index contributed by atoms with van der Waals surface area (Å²) in [6.45, 7) is 3.02. The zero-order valence-corrected chi connectivity index (χ0v) is 11.1. The Morgan fingerprint density at radius 1 is 1.11 bits per heavy atom. The van der Waals surface area contributed by atoms with Crippen LogP contribution in [0.3, 0.4) is 0 Å². The Morgan fingerprint density at radius 3 is 2.89 bits per heavy atom. The molecule has 1 heterocycles. The monoisotopic (exact) mass is 256 g/mol. The van der Waals surface area contributed by atoms with Crippen molar-refractivity contribution in [1.29, 1.82) is 0 Å². The van der Waals surface area contributed by atoms with Crippen molar-refractivity contribution < 1.29 is 0 Å². The molecule has 19 heavy (non-hydrogen) atoms. The lowest BCUT2D eigenvalue weighted by Crippen LogP contribution is -2.23. The Balaban J connectivity index is 1.47. The zero-order chi connectivity index (χ0) is 12.9. The van der Waals surface area contributed by atoms with Gasteiger partial charge in [-0.25, -0.2) is 0 Å². The second-order valence-corrected chi connectivity index (χ2v) is 5.10. The predicted molar refractivity (Wildman–Crippen MR) is 76.9 cm³/mol. The number of nitrogens with one attached hydrogen (secondary N) is 2. The van der Waals surface area contributed by atoms with Crippen molar-refractivity contribution in [1.82, 2.24) is 20.6 Å². The molecule has 0 atom stereocenters. The van der Waals surface area contributed by atoms with Gasteiger partial charge in [0.2, 0.25) is 0 Å². The van der Waals surface area contributed by atoms with Crippen molar-refractivity contribution in [3.8, 4) is 0 Å². The normalized spacial score (nSPS) is 14.9. The summed E-state index contributed by atoms with van der Waals surface area (Å²) in [5, 5.41) is 7.00. The van der Waals surface area contributed by atoms with E-state index in [-0.39, 0.29) is 0 Å². The standard InChI is InChI=1S/C15H20N4/c1-3-12(15-14(4-1)18-9-10-19-15)11-16-7-2-8-17-13-5-6-13/h1,3-4,9-10,13,16-17H,2,5-8,11H2. The van der Waals surface area contributed by atoms with Gasteiger partial charge in [0.15, 0.2) is 0 Å². The van der Waals surface area contributed by atoms with Crippen LogP contribution in [0.2, 0.25) is 0 Å². The molecule has 2 N–H and O–H groups in total. The third-order valence-electron chi connectivity index (χ3n) is 3.44. The van der Waals surface area contributed by atoms with Crippen molar-refractivity contribution >= 4 is 11.0 Å². The molecule has 3 rings (SSSR count). The Kier molecular flexibility index (Phi) is 4.01. The van der Waals surface area contributed by atoms with Crippen LogP contribution in [0.25, 0.3) is 11.0 Å². The quantitative estimate of drug-likeness (QED) is 0.742. The van der Waals surface area contributed by atoms with Crippen LogP contribution in [0.15, 0.2) is 30.6 Å². The van der Waals surface area contributed by atoms with E-state index < -0.39 is 0 Å². The van der Waals surface area contributed by atoms with Gasteiger partial charge in [-0.2, -0.15) is 0 Å². The van der Waals surface area contributed by atoms with E-state index in [4.69, 9.17) is 0 Å². The van der Waals surface area contributed by atoms with Gasteiger partial charge in [0, 0.05) is 25.0 Å². The minimum Gasteiger partial charge on any atom is -0.314 e. The fourth-order valence-electron chi connectivity index (χ4n) is 2.23. The third kappa shape index (κ3) is 3.49. The molecule has 0 unspecified atom stereocenters. The van der Waals surface area contributed by atoms with Crippen molar-refractivity contribution in [2.75, 3.05) is 13.1 Å². The maximum Gasteiger partial charge on any atom is 0.0931 e. The van der Waals surface area contributed by atoms with Crippen molar-refractivity contribution in [3.63, 3.8) is 0 Å². The number of para-hydroxylation sites is 1. The summed E-state index contributed by atoms with van der Waals surface area (Å²) < 4.78 is 0. The van der Waals surface area contributed by atoms with Gasteiger partial charge >= 0.3 is 0 Å². The number of benzene rings is 1. The first kappa shape index (κ1) is 12.5. The Labute approximate surface area is 113 Å². The van der Waals surface area contributed by atoms with Crippen molar-refractivity contribution in [2.24, 2.45) is 0 Å². The fourth-order valence-corrected chi connectivity index (χ4v) is 2.23. The molecule has 0 saturated heterocycles. The summed E-state index contributed by atoms with van der Waals surface area (Å²) in [6, 6.07) is 6.98. The van der Waals surface area contributed by atoms with E-state index in [1.165, 1.54) is 24.8 Å². The highest BCUT2D eigenvalue weighted by molar-refractivity contribution is 5.77. The molecule has 1 aromatic heterocycles. The molecule has 0 bridgehead atoms. The number of hydrogen-bond acceptors (Lipinski definition) is 4. The summed E-state index contributed by atoms with van der Waals surface area (Å²) >= 11 is 0. The van der Waals surface area contributed by atoms with E-state index in [9.17, 15) is 0 Å². The smallest absolute Gasteiger partial charge is 0.0931 e. The van der Waals surface area contributed by atoms with Gasteiger partial charge in [0.25, 0.3) is 0 Å². The van der Waals surface area contributed by atoms with Crippen LogP contribution in [0.5, 0.6) is 0 Å². The molecule has 1 aromatic carbocycles. The Morgan fingerprint density at radius 2 is 2.00 bits per heavy atom. The van der Waals surface area contributed by atoms with Gasteiger partial charge in [-0.3, -0.25) is 9.97 Å². The van der Waals surface area contributed by atoms with Crippen LogP contribution < -0.4 is 10.6 Å². The van der Waals surface area contributed by atoms with E-state index in [0.717, 1.165) is 36.7 Å². The van der Waals surface area contributed by atoms with Crippen LogP contribution >= 0.6 is 0 Å². The van der Waals surface area contributed by atoms with Gasteiger partial charge < -0.3 is 10.6 Å². The van der Waals surface area contributed by atoms with Crippen molar-refractivity contribution in [2.45, 2.75) is 31.8 Å². The molecule has 0 radical (unpaired) electrons. The lowest BCUT2D eigenvalue weighted by molar-refractivity contribution is 0.594. The van der Waals surface area contributed by atoms with Gasteiger partial charge in [-0.15, -0.1) is 0 Å². The molecule has 0 spiro atoms. The first-order chi connectivity index (χ1) is 9.43. The second-order valence-electron chi connectivity index (χ2n) is 5.10. The fraction of sp³-hybridized carbons (Fsp3) is 0.467. The van der Waals surface area contributed by atoms with Crippen LogP contribution in [-0.4, -0.2) is 29.1 Å². The predicted octanol–water partition coefficient (Wildman–Crippen LogP) is 1.86. The van der Waals surface area contributed by atoms with Crippen LogP contribution in [-0.2, 0) is 6.54 Å². The number of fused-ring (bicyclic) bond motifs is 1. The molecule has 4 heteroatoms. The summed E-state index contributed by atoms with van der Waals surface area (Å²) in [7, 11) is 0. The van der Waals surface area contributed by atoms with Gasteiger partial charge in [0.05, 0.1) is 11.0 Å². The second kappa shape index (κ2) is 6.08. The minimum atomic E-state index is 0.813. The lowest BCUT2D eigenvalue weighted by atomic mass is 10.1. The van der Waals surface area contributed by atoms with Gasteiger partial charge in [0.1, 0.15) is 0 Å². The average Bonchev–Trinajstić information content (AvgIpc) is 3.27. The van der Waals surface area contributed by atoms with Crippen LogP contribution in [0.4, 0.5) is 0 Å². The lowest BCUT2D eigenvalue weighted by Gasteiger charge is -2.07. The third-order valence-corrected chi connectivity index (χ3v) is 3.44. The number of aromatic nitrogens is 2. The molecular weight excluding hydrogens is 236 g/mol. The number of rotatable bonds is 7. The summed E-state index contributed by atoms with van der Waals surface area (Å²) in [5.41, 5.74) is 3.20. The van der Waals surface area contributed by atoms with Gasteiger partial charge in [-0.05, 0) is 44.0 Å². The van der Waals surface area contributed by atoms with Crippen molar-refractivity contribution in [3.05, 3.63) is 36.2 Å². The largest absolute Gasteiger partial charge is 0.314 e. The van der Waals surface area contributed by atoms with E-state index in [2.05, 4.69) is 26.7 Å². The first-order valence-electron chi connectivity index (χ1n) is 7.06. The highest BCUT2D eigenvalue weighted by Crippen LogP contribution is 2.18. The zero-order valence-electron chi connectivity index (χ0n) is 11.1. The van der Waals surface area contributed by atoms with E-state index in [1.54, 1.807) is 12.4 Å². The molecule has 2 aromatic rings. The highest BCUT2D eigenvalue weighted by Gasteiger charge is 2.19. The molecule has 1 saturated carbocycles. The molecule has 0 aliphatic heterocycles. The maximum atomic E-state index is 4.41. The first-order valence-corrected chi connectivity index (χ1v) is 7.06. The molecule has 1 fully saturated rings. The molecule has 1 aliphatic carbocycles. The molecule has 100 valence electrons. The molecule has 4 nitrogen and oxygen atoms in total. The highest BCUT2D eigenvalue weighted by atomic mass is 14.9. The van der Waals surface area contributed by atoms with Crippen LogP contribution in [0, 0.1) is 0 Å². The summed E-state index contributed by atoms with van der Waals surface area (Å²) in [4.78, 5) is 8.74. The van der Waals surface area contributed by atoms with Gasteiger partial charge in [-0.1, -0.05) is 12.1 Å². The van der Waals surface area contributed by atoms with E-state index in [0.29, 0.717) is 0 Å². The molecular formula is C15H20N4. The summed E-state index contributed by atoms with van der Waals surface area (Å²) in [5.74, 6) is 0. The minimum absolute atomic E-state index is 0.813. The average molecular weight is 256 g/mol. The van der Waals surface area contributed by atoms with Crippen LogP contribution in [0.1, 0.15) is 24.8 Å². The SMILES string of the molecule is c1cc(CNCCCNC2CC2)c2nccnc2c1. The number of nitrogens with zero attached hydrogens (tertiary/aromatic N) is 2. The van der Waals surface area contributed by atoms with E-state index in [1.807, 2.05) is 12.1 Å². The Bertz CT molecular complexity index is 531. The Hall–Kier alpha value is -1.52. The van der Waals surface area contributed by atoms with E-state index >= 15 is 0 Å². The maximum absolute atomic E-state index is 4.41. The topological polar surface area (TPSA) is 49.8 Å². The molecule has 1 aliphatic rings. The molecule has 0 amide bonds.